The van der Waals surface area contributed by atoms with Crippen LogP contribution in [0.5, 0.6) is 0 Å². The van der Waals surface area contributed by atoms with Crippen molar-refractivity contribution in [2.75, 3.05) is 29.9 Å². The zero-order valence-corrected chi connectivity index (χ0v) is 19.3. The number of thioether (sulfide) groups is 2. The Balaban J connectivity index is 1.65. The van der Waals surface area contributed by atoms with Gasteiger partial charge in [0.15, 0.2) is 0 Å². The Morgan fingerprint density at radius 1 is 1.10 bits per heavy atom. The van der Waals surface area contributed by atoms with Crippen molar-refractivity contribution in [2.45, 2.75) is 38.3 Å². The lowest BCUT2D eigenvalue weighted by atomic mass is 10.0. The molecule has 29 heavy (non-hydrogen) atoms. The summed E-state index contributed by atoms with van der Waals surface area (Å²) in [6, 6.07) is 16.7. The van der Waals surface area contributed by atoms with Gasteiger partial charge in [-0.3, -0.25) is 9.69 Å². The molecule has 0 aromatic heterocycles. The first-order valence-electron chi connectivity index (χ1n) is 10.4. The first-order valence-corrected chi connectivity index (χ1v) is 12.6. The lowest BCUT2D eigenvalue weighted by Crippen LogP contribution is -2.32. The molecule has 1 amide bonds. The SMILES string of the molecule is Cc1c(CN2CCSCC2)cccc1NC(=O)C(SCc1ccccc1)C(C)C. The maximum absolute atomic E-state index is 13.1. The average molecular weight is 429 g/mol. The van der Waals surface area contributed by atoms with Gasteiger partial charge in [-0.05, 0) is 35.6 Å². The van der Waals surface area contributed by atoms with Crippen molar-refractivity contribution in [3.05, 3.63) is 65.2 Å². The van der Waals surface area contributed by atoms with Crippen LogP contribution in [0, 0.1) is 12.8 Å². The highest BCUT2D eigenvalue weighted by atomic mass is 32.2. The molecule has 0 bridgehead atoms. The molecular formula is C24H32N2OS2. The molecule has 1 heterocycles. The number of anilines is 1. The minimum absolute atomic E-state index is 0.0719. The van der Waals surface area contributed by atoms with Crippen LogP contribution >= 0.6 is 23.5 Å². The number of hydrogen-bond donors (Lipinski definition) is 1. The summed E-state index contributed by atoms with van der Waals surface area (Å²) in [6.45, 7) is 9.63. The van der Waals surface area contributed by atoms with E-state index < -0.39 is 0 Å². The highest BCUT2D eigenvalue weighted by Gasteiger charge is 2.23. The standard InChI is InChI=1S/C24H32N2OS2/c1-18(2)23(29-17-20-8-5-4-6-9-20)24(27)25-22-11-7-10-21(19(22)3)16-26-12-14-28-15-13-26/h4-11,18,23H,12-17H2,1-3H3,(H,25,27). The van der Waals surface area contributed by atoms with E-state index in [1.165, 1.54) is 28.2 Å². The van der Waals surface area contributed by atoms with Crippen molar-refractivity contribution < 1.29 is 4.79 Å². The Morgan fingerprint density at radius 2 is 1.83 bits per heavy atom. The van der Waals surface area contributed by atoms with E-state index in [-0.39, 0.29) is 17.1 Å². The van der Waals surface area contributed by atoms with Gasteiger partial charge in [-0.1, -0.05) is 56.3 Å². The third kappa shape index (κ3) is 6.53. The number of amides is 1. The quantitative estimate of drug-likeness (QED) is 0.607. The van der Waals surface area contributed by atoms with E-state index in [9.17, 15) is 4.79 Å². The van der Waals surface area contributed by atoms with Crippen LogP contribution in [0.2, 0.25) is 0 Å². The van der Waals surface area contributed by atoms with Gasteiger partial charge in [0.25, 0.3) is 0 Å². The van der Waals surface area contributed by atoms with Gasteiger partial charge in [0.2, 0.25) is 5.91 Å². The van der Waals surface area contributed by atoms with Crippen LogP contribution in [-0.2, 0) is 17.1 Å². The number of carbonyl (C=O) groups is 1. The second-order valence-electron chi connectivity index (χ2n) is 7.93. The maximum Gasteiger partial charge on any atom is 0.237 e. The van der Waals surface area contributed by atoms with Crippen LogP contribution < -0.4 is 5.32 Å². The van der Waals surface area contributed by atoms with Gasteiger partial charge in [-0.2, -0.15) is 11.8 Å². The maximum atomic E-state index is 13.1. The van der Waals surface area contributed by atoms with E-state index in [1.54, 1.807) is 11.8 Å². The van der Waals surface area contributed by atoms with E-state index in [1.807, 2.05) is 23.9 Å². The van der Waals surface area contributed by atoms with E-state index in [2.05, 4.69) is 67.4 Å². The Morgan fingerprint density at radius 3 is 2.52 bits per heavy atom. The summed E-state index contributed by atoms with van der Waals surface area (Å²) in [5, 5.41) is 3.15. The summed E-state index contributed by atoms with van der Waals surface area (Å²) in [5.74, 6) is 3.66. The molecule has 1 unspecified atom stereocenters. The number of rotatable bonds is 8. The van der Waals surface area contributed by atoms with Gasteiger partial charge in [0.1, 0.15) is 0 Å². The molecule has 0 saturated carbocycles. The summed E-state index contributed by atoms with van der Waals surface area (Å²) < 4.78 is 0. The zero-order valence-electron chi connectivity index (χ0n) is 17.7. The van der Waals surface area contributed by atoms with Crippen molar-refractivity contribution in [1.82, 2.24) is 4.90 Å². The molecule has 5 heteroatoms. The van der Waals surface area contributed by atoms with Gasteiger partial charge < -0.3 is 5.32 Å². The van der Waals surface area contributed by atoms with E-state index in [0.29, 0.717) is 0 Å². The molecule has 1 aliphatic rings. The molecule has 2 aromatic carbocycles. The molecule has 0 spiro atoms. The van der Waals surface area contributed by atoms with Gasteiger partial charge in [0.05, 0.1) is 5.25 Å². The molecule has 0 aliphatic carbocycles. The minimum Gasteiger partial charge on any atom is -0.325 e. The highest BCUT2D eigenvalue weighted by molar-refractivity contribution is 8.00. The van der Waals surface area contributed by atoms with Crippen LogP contribution in [0.25, 0.3) is 0 Å². The first kappa shape index (κ1) is 22.3. The summed E-state index contributed by atoms with van der Waals surface area (Å²) in [7, 11) is 0. The smallest absolute Gasteiger partial charge is 0.237 e. The fraction of sp³-hybridized carbons (Fsp3) is 0.458. The van der Waals surface area contributed by atoms with Crippen LogP contribution in [0.4, 0.5) is 5.69 Å². The van der Waals surface area contributed by atoms with E-state index in [0.717, 1.165) is 31.1 Å². The average Bonchev–Trinajstić information content (AvgIpc) is 2.72. The lowest BCUT2D eigenvalue weighted by Gasteiger charge is -2.27. The van der Waals surface area contributed by atoms with E-state index >= 15 is 0 Å². The number of nitrogens with zero attached hydrogens (tertiary/aromatic N) is 1. The second kappa shape index (κ2) is 11.1. The summed E-state index contributed by atoms with van der Waals surface area (Å²) >= 11 is 3.76. The zero-order chi connectivity index (χ0) is 20.6. The van der Waals surface area contributed by atoms with Crippen molar-refractivity contribution >= 4 is 35.1 Å². The summed E-state index contributed by atoms with van der Waals surface area (Å²) in [6.07, 6.45) is 0. The largest absolute Gasteiger partial charge is 0.325 e. The van der Waals surface area contributed by atoms with Gasteiger partial charge in [-0.15, -0.1) is 11.8 Å². The lowest BCUT2D eigenvalue weighted by molar-refractivity contribution is -0.116. The topological polar surface area (TPSA) is 32.3 Å². The normalized spacial score (nSPS) is 16.0. The van der Waals surface area contributed by atoms with Gasteiger partial charge >= 0.3 is 0 Å². The number of nitrogens with one attached hydrogen (secondary N) is 1. The van der Waals surface area contributed by atoms with Crippen molar-refractivity contribution in [1.29, 1.82) is 0 Å². The fourth-order valence-corrected chi connectivity index (χ4v) is 5.66. The van der Waals surface area contributed by atoms with Crippen LogP contribution in [-0.4, -0.2) is 40.7 Å². The molecule has 2 aromatic rings. The number of hydrogen-bond acceptors (Lipinski definition) is 4. The van der Waals surface area contributed by atoms with Crippen molar-refractivity contribution in [3.8, 4) is 0 Å². The second-order valence-corrected chi connectivity index (χ2v) is 10.3. The molecule has 1 fully saturated rings. The molecular weight excluding hydrogens is 396 g/mol. The van der Waals surface area contributed by atoms with Gasteiger partial charge in [-0.25, -0.2) is 0 Å². The third-order valence-electron chi connectivity index (χ3n) is 5.34. The third-order valence-corrected chi connectivity index (χ3v) is 7.90. The number of carbonyl (C=O) groups excluding carboxylic acids is 1. The molecule has 1 aliphatic heterocycles. The van der Waals surface area contributed by atoms with Crippen LogP contribution in [0.3, 0.4) is 0 Å². The Kier molecular flexibility index (Phi) is 8.52. The molecule has 3 nitrogen and oxygen atoms in total. The van der Waals surface area contributed by atoms with Crippen LogP contribution in [0.15, 0.2) is 48.5 Å². The Hall–Kier alpha value is -1.43. The molecule has 156 valence electrons. The Bertz CT molecular complexity index is 789. The molecule has 3 rings (SSSR count). The monoisotopic (exact) mass is 428 g/mol. The molecule has 1 atom stereocenters. The van der Waals surface area contributed by atoms with Crippen molar-refractivity contribution in [2.24, 2.45) is 5.92 Å². The van der Waals surface area contributed by atoms with Crippen LogP contribution in [0.1, 0.15) is 30.5 Å². The first-order chi connectivity index (χ1) is 14.0. The summed E-state index contributed by atoms with van der Waals surface area (Å²) in [5.41, 5.74) is 4.71. The predicted molar refractivity (Wildman–Crippen MR) is 129 cm³/mol. The molecule has 1 saturated heterocycles. The predicted octanol–water partition coefficient (Wildman–Crippen LogP) is 5.44. The molecule has 1 N–H and O–H groups in total. The number of benzene rings is 2. The molecule has 0 radical (unpaired) electrons. The highest BCUT2D eigenvalue weighted by Crippen LogP contribution is 2.27. The fourth-order valence-electron chi connectivity index (χ4n) is 3.53. The minimum atomic E-state index is -0.0719. The van der Waals surface area contributed by atoms with Crippen molar-refractivity contribution in [3.63, 3.8) is 0 Å². The summed E-state index contributed by atoms with van der Waals surface area (Å²) in [4.78, 5) is 15.6. The van der Waals surface area contributed by atoms with Gasteiger partial charge in [0, 0.05) is 42.6 Å². The Labute approximate surface area is 184 Å². The van der Waals surface area contributed by atoms with E-state index in [4.69, 9.17) is 0 Å².